The van der Waals surface area contributed by atoms with Gasteiger partial charge >= 0.3 is 0 Å². The lowest BCUT2D eigenvalue weighted by molar-refractivity contribution is 0.669. The lowest BCUT2D eigenvalue weighted by Gasteiger charge is -2.40. The Balaban J connectivity index is 0.986. The first-order valence-electron chi connectivity index (χ1n) is 21.2. The molecule has 2 heterocycles. The van der Waals surface area contributed by atoms with Crippen LogP contribution in [-0.4, -0.2) is 0 Å². The van der Waals surface area contributed by atoms with E-state index in [-0.39, 0.29) is 0 Å². The third-order valence-electron chi connectivity index (χ3n) is 13.1. The zero-order valence-electron chi connectivity index (χ0n) is 33.6. The van der Waals surface area contributed by atoms with E-state index in [1.54, 1.807) is 0 Å². The van der Waals surface area contributed by atoms with Gasteiger partial charge < -0.3 is 9.32 Å². The summed E-state index contributed by atoms with van der Waals surface area (Å²) in [5, 5.41) is 4.77. The highest BCUT2D eigenvalue weighted by molar-refractivity contribution is 7.99. The number of fused-ring (bicyclic) bond motifs is 14. The van der Waals surface area contributed by atoms with E-state index in [4.69, 9.17) is 4.42 Å². The fraction of sp³-hybridized carbons (Fsp3) is 0.0169. The van der Waals surface area contributed by atoms with Crippen LogP contribution in [0.1, 0.15) is 22.3 Å². The quantitative estimate of drug-likeness (QED) is 0.172. The minimum atomic E-state index is -0.478. The molecule has 62 heavy (non-hydrogen) atoms. The van der Waals surface area contributed by atoms with Crippen molar-refractivity contribution >= 4 is 61.5 Å². The van der Waals surface area contributed by atoms with Gasteiger partial charge in [0.15, 0.2) is 0 Å². The van der Waals surface area contributed by atoms with Crippen LogP contribution in [0.2, 0.25) is 0 Å². The lowest BCUT2D eigenvalue weighted by Crippen LogP contribution is -2.32. The van der Waals surface area contributed by atoms with E-state index in [0.717, 1.165) is 39.0 Å². The van der Waals surface area contributed by atoms with Gasteiger partial charge in [-0.05, 0) is 127 Å². The number of hydrogen-bond acceptors (Lipinski definition) is 3. The molecule has 1 spiro atoms. The largest absolute Gasteiger partial charge is 0.456 e. The highest BCUT2D eigenvalue weighted by atomic mass is 32.2. The molecule has 1 aliphatic carbocycles. The molecule has 0 fully saturated rings. The van der Waals surface area contributed by atoms with Gasteiger partial charge in [-0.2, -0.15) is 0 Å². The predicted octanol–water partition coefficient (Wildman–Crippen LogP) is 16.4. The molecule has 1 aromatic heterocycles. The van der Waals surface area contributed by atoms with Gasteiger partial charge in [-0.25, -0.2) is 0 Å². The number of para-hydroxylation sites is 1. The van der Waals surface area contributed by atoms with E-state index < -0.39 is 5.41 Å². The van der Waals surface area contributed by atoms with Crippen molar-refractivity contribution in [2.75, 3.05) is 4.90 Å². The van der Waals surface area contributed by atoms with Crippen molar-refractivity contribution in [3.8, 4) is 33.4 Å². The van der Waals surface area contributed by atoms with Crippen molar-refractivity contribution in [1.82, 2.24) is 0 Å². The third kappa shape index (κ3) is 5.12. The monoisotopic (exact) mass is 807 g/mol. The molecule has 13 rings (SSSR count). The molecular formula is C59H37NOS. The Hall–Kier alpha value is -7.59. The van der Waals surface area contributed by atoms with Crippen LogP contribution in [0.4, 0.5) is 17.1 Å². The molecule has 0 amide bonds. The van der Waals surface area contributed by atoms with Crippen molar-refractivity contribution in [1.29, 1.82) is 0 Å². The maximum absolute atomic E-state index is 6.42. The number of furan rings is 1. The summed E-state index contributed by atoms with van der Waals surface area (Å²) in [7, 11) is 0. The van der Waals surface area contributed by atoms with Gasteiger partial charge in [-0.1, -0.05) is 176 Å². The van der Waals surface area contributed by atoms with E-state index in [1.165, 1.54) is 76.2 Å². The molecule has 2 aliphatic rings. The van der Waals surface area contributed by atoms with Crippen LogP contribution < -0.4 is 4.90 Å². The maximum Gasteiger partial charge on any atom is 0.137 e. The molecule has 0 atom stereocenters. The number of rotatable bonds is 5. The second-order valence-corrected chi connectivity index (χ2v) is 17.4. The molecule has 0 N–H and O–H groups in total. The van der Waals surface area contributed by atoms with Crippen LogP contribution in [0, 0.1) is 0 Å². The van der Waals surface area contributed by atoms with Crippen molar-refractivity contribution < 1.29 is 4.42 Å². The average molecular weight is 808 g/mol. The summed E-state index contributed by atoms with van der Waals surface area (Å²) in [4.78, 5) is 4.99. The van der Waals surface area contributed by atoms with E-state index in [1.807, 2.05) is 17.8 Å². The first-order chi connectivity index (χ1) is 30.7. The van der Waals surface area contributed by atoms with Crippen molar-refractivity contribution in [3.05, 3.63) is 247 Å². The Kier molecular flexibility index (Phi) is 7.79. The zero-order valence-corrected chi connectivity index (χ0v) is 34.4. The molecular weight excluding hydrogens is 771 g/mol. The molecule has 0 bridgehead atoms. The van der Waals surface area contributed by atoms with Crippen molar-refractivity contribution in [2.45, 2.75) is 15.2 Å². The summed E-state index contributed by atoms with van der Waals surface area (Å²) >= 11 is 1.89. The first kappa shape index (κ1) is 35.2. The molecule has 290 valence electrons. The minimum Gasteiger partial charge on any atom is -0.456 e. The standard InChI is InChI=1S/C59H37NOS/c1-2-13-38(14-3-1)39-25-31-43(32-26-39)60(52-20-12-22-54-57(52)48-17-6-9-21-53(48)61-54)44-33-27-40(28-34-44)42-30-35-46-47-36-29-41-15-4-5-16-45(41)58(47)59(51(46)37-42)49-18-7-10-23-55(49)62-56-24-11-8-19-50(56)59/h1-37H. The van der Waals surface area contributed by atoms with Gasteiger partial charge in [-0.15, -0.1) is 0 Å². The first-order valence-corrected chi connectivity index (χ1v) is 22.1. The van der Waals surface area contributed by atoms with Gasteiger partial charge in [0.05, 0.1) is 16.5 Å². The molecule has 0 saturated carbocycles. The summed E-state index contributed by atoms with van der Waals surface area (Å²) in [6.07, 6.45) is 0. The SMILES string of the molecule is c1ccc(-c2ccc(N(c3ccc(-c4ccc5c(c4)C4(c6ccccc6Sc6ccccc64)c4c-5ccc5ccccc45)cc3)c3cccc4oc5ccccc5c34)cc2)cc1. The van der Waals surface area contributed by atoms with E-state index in [2.05, 4.69) is 223 Å². The molecule has 11 aromatic rings. The Morgan fingerprint density at radius 2 is 0.952 bits per heavy atom. The average Bonchev–Trinajstić information content (AvgIpc) is 3.87. The minimum absolute atomic E-state index is 0.478. The number of nitrogens with zero attached hydrogens (tertiary/aromatic N) is 1. The molecule has 10 aromatic carbocycles. The fourth-order valence-corrected chi connectivity index (χ4v) is 11.7. The van der Waals surface area contributed by atoms with Crippen LogP contribution in [0.5, 0.6) is 0 Å². The third-order valence-corrected chi connectivity index (χ3v) is 14.3. The van der Waals surface area contributed by atoms with Crippen molar-refractivity contribution in [3.63, 3.8) is 0 Å². The highest BCUT2D eigenvalue weighted by Gasteiger charge is 2.51. The predicted molar refractivity (Wildman–Crippen MR) is 258 cm³/mol. The number of anilines is 3. The second-order valence-electron chi connectivity index (χ2n) is 16.4. The molecule has 2 nitrogen and oxygen atoms in total. The molecule has 0 saturated heterocycles. The zero-order chi connectivity index (χ0) is 40.8. The summed E-state index contributed by atoms with van der Waals surface area (Å²) < 4.78 is 6.42. The van der Waals surface area contributed by atoms with E-state index in [9.17, 15) is 0 Å². The number of benzene rings is 10. The highest BCUT2D eigenvalue weighted by Crippen LogP contribution is 2.63. The summed E-state index contributed by atoms with van der Waals surface area (Å²) in [6, 6.07) is 82.2. The maximum atomic E-state index is 6.42. The van der Waals surface area contributed by atoms with Gasteiger partial charge in [0, 0.05) is 26.6 Å². The summed E-state index contributed by atoms with van der Waals surface area (Å²) in [6.45, 7) is 0. The Labute approximate surface area is 364 Å². The summed E-state index contributed by atoms with van der Waals surface area (Å²) in [5.74, 6) is 0. The van der Waals surface area contributed by atoms with Crippen LogP contribution in [-0.2, 0) is 5.41 Å². The van der Waals surface area contributed by atoms with Crippen LogP contribution in [0.15, 0.2) is 239 Å². The summed E-state index contributed by atoms with van der Waals surface area (Å²) in [5.41, 5.74) is 17.3. The van der Waals surface area contributed by atoms with Gasteiger partial charge in [-0.3, -0.25) is 0 Å². The van der Waals surface area contributed by atoms with Crippen LogP contribution in [0.25, 0.3) is 66.1 Å². The molecule has 3 heteroatoms. The second kappa shape index (κ2) is 13.7. The van der Waals surface area contributed by atoms with Gasteiger partial charge in [0.25, 0.3) is 0 Å². The van der Waals surface area contributed by atoms with E-state index >= 15 is 0 Å². The van der Waals surface area contributed by atoms with Crippen LogP contribution >= 0.6 is 11.8 Å². The Morgan fingerprint density at radius 1 is 0.387 bits per heavy atom. The van der Waals surface area contributed by atoms with Gasteiger partial charge in [0.1, 0.15) is 11.2 Å². The smallest absolute Gasteiger partial charge is 0.137 e. The Morgan fingerprint density at radius 3 is 1.69 bits per heavy atom. The van der Waals surface area contributed by atoms with Crippen LogP contribution in [0.3, 0.4) is 0 Å². The topological polar surface area (TPSA) is 16.4 Å². The lowest BCUT2D eigenvalue weighted by atomic mass is 9.66. The molecule has 0 radical (unpaired) electrons. The number of hydrogen-bond donors (Lipinski definition) is 0. The fourth-order valence-electron chi connectivity index (χ4n) is 10.5. The Bertz CT molecular complexity index is 3500. The van der Waals surface area contributed by atoms with Gasteiger partial charge in [0.2, 0.25) is 0 Å². The molecule has 0 unspecified atom stereocenters. The molecule has 1 aliphatic heterocycles. The normalized spacial score (nSPS) is 13.2. The van der Waals surface area contributed by atoms with E-state index in [0.29, 0.717) is 0 Å². The van der Waals surface area contributed by atoms with Crippen molar-refractivity contribution in [2.24, 2.45) is 0 Å².